The lowest BCUT2D eigenvalue weighted by Gasteiger charge is -2.54. The molecule has 3 aliphatic rings. The lowest BCUT2D eigenvalue weighted by atomic mass is 9.78. The lowest BCUT2D eigenvalue weighted by Crippen LogP contribution is -2.66. The number of aliphatic hydroxyl groups is 1. The molecule has 4 rings (SSSR count). The van der Waals surface area contributed by atoms with Crippen molar-refractivity contribution in [3.63, 3.8) is 0 Å². The Balaban J connectivity index is 1.44. The molecule has 0 unspecified atom stereocenters. The van der Waals surface area contributed by atoms with Gasteiger partial charge in [0.2, 0.25) is 5.91 Å². The molecule has 0 spiro atoms. The number of anilines is 1. The fraction of sp³-hybridized carbons (Fsp3) is 0.720. The van der Waals surface area contributed by atoms with Crippen LogP contribution in [0.4, 0.5) is 5.69 Å². The lowest BCUT2D eigenvalue weighted by molar-refractivity contribution is -0.140. The number of piperidine rings is 2. The van der Waals surface area contributed by atoms with Crippen molar-refractivity contribution in [2.24, 2.45) is 0 Å². The van der Waals surface area contributed by atoms with E-state index in [1.54, 1.807) is 14.0 Å². The number of rotatable bonds is 4. The fourth-order valence-electron chi connectivity index (χ4n) is 6.12. The molecule has 3 saturated heterocycles. The number of hydrogen-bond donors (Lipinski definition) is 1. The monoisotopic (exact) mass is 429 g/mol. The summed E-state index contributed by atoms with van der Waals surface area (Å²) >= 11 is 0. The normalized spacial score (nSPS) is 29.2. The third-order valence-corrected chi connectivity index (χ3v) is 8.08. The summed E-state index contributed by atoms with van der Waals surface area (Å²) in [6.07, 6.45) is 7.08. The Labute approximate surface area is 187 Å². The van der Waals surface area contributed by atoms with Gasteiger partial charge in [-0.15, -0.1) is 0 Å². The average molecular weight is 430 g/mol. The van der Waals surface area contributed by atoms with Crippen molar-refractivity contribution in [3.05, 3.63) is 24.3 Å². The second kappa shape index (κ2) is 8.99. The number of carbonyl (C=O) groups excluding carboxylic acids is 1. The van der Waals surface area contributed by atoms with Crippen molar-refractivity contribution in [2.75, 3.05) is 44.7 Å². The molecule has 6 heteroatoms. The van der Waals surface area contributed by atoms with Gasteiger partial charge in [-0.3, -0.25) is 9.69 Å². The van der Waals surface area contributed by atoms with Gasteiger partial charge < -0.3 is 19.6 Å². The van der Waals surface area contributed by atoms with E-state index in [9.17, 15) is 9.90 Å². The Morgan fingerprint density at radius 3 is 2.42 bits per heavy atom. The van der Waals surface area contributed by atoms with Gasteiger partial charge in [-0.05, 0) is 76.3 Å². The maximum atomic E-state index is 12.3. The van der Waals surface area contributed by atoms with E-state index >= 15 is 0 Å². The molecule has 6 nitrogen and oxygen atoms in total. The third kappa shape index (κ3) is 4.56. The third-order valence-electron chi connectivity index (χ3n) is 8.08. The number of benzene rings is 1. The SMILES string of the molecule is COc1ccc(N2CCC(O)(CN3CCCC[C@@H]4N(C(C)=O)CCC[C@@]43C)CC2)cc1. The van der Waals surface area contributed by atoms with Crippen molar-refractivity contribution in [2.45, 2.75) is 76.0 Å². The van der Waals surface area contributed by atoms with Gasteiger partial charge in [0.05, 0.1) is 12.7 Å². The van der Waals surface area contributed by atoms with E-state index in [1.807, 2.05) is 12.1 Å². The molecule has 2 atom stereocenters. The van der Waals surface area contributed by atoms with Gasteiger partial charge in [0.1, 0.15) is 5.75 Å². The topological polar surface area (TPSA) is 56.3 Å². The number of ether oxygens (including phenoxy) is 1. The van der Waals surface area contributed by atoms with Crippen molar-refractivity contribution >= 4 is 11.6 Å². The molecule has 3 fully saturated rings. The minimum atomic E-state index is -0.667. The smallest absolute Gasteiger partial charge is 0.219 e. The molecule has 31 heavy (non-hydrogen) atoms. The number of hydrogen-bond acceptors (Lipinski definition) is 5. The van der Waals surface area contributed by atoms with E-state index in [4.69, 9.17) is 4.74 Å². The van der Waals surface area contributed by atoms with Crippen molar-refractivity contribution in [1.29, 1.82) is 0 Å². The van der Waals surface area contributed by atoms with Crippen LogP contribution in [0.3, 0.4) is 0 Å². The number of amides is 1. The summed E-state index contributed by atoms with van der Waals surface area (Å²) in [5, 5.41) is 11.6. The molecule has 1 N–H and O–H groups in total. The van der Waals surface area contributed by atoms with Crippen LogP contribution in [0.1, 0.15) is 58.8 Å². The predicted octanol–water partition coefficient (Wildman–Crippen LogP) is 3.28. The molecule has 0 radical (unpaired) electrons. The van der Waals surface area contributed by atoms with Crippen molar-refractivity contribution < 1.29 is 14.6 Å². The van der Waals surface area contributed by atoms with Gasteiger partial charge in [0, 0.05) is 50.4 Å². The standard InChI is InChI=1S/C25H39N3O3/c1-20(29)28-16-6-12-24(2)23(28)7-4-5-15-27(24)19-25(30)13-17-26(18-14-25)21-8-10-22(31-3)11-9-21/h8-11,23,30H,4-7,12-19H2,1-3H3/t23-,24-/m0/s1. The highest BCUT2D eigenvalue weighted by molar-refractivity contribution is 5.74. The summed E-state index contributed by atoms with van der Waals surface area (Å²) in [5.41, 5.74) is 0.483. The van der Waals surface area contributed by atoms with E-state index in [0.29, 0.717) is 6.54 Å². The van der Waals surface area contributed by atoms with Crippen LogP contribution in [0.25, 0.3) is 0 Å². The zero-order valence-electron chi connectivity index (χ0n) is 19.5. The Morgan fingerprint density at radius 2 is 1.77 bits per heavy atom. The van der Waals surface area contributed by atoms with Crippen LogP contribution in [0.15, 0.2) is 24.3 Å². The van der Waals surface area contributed by atoms with Crippen LogP contribution >= 0.6 is 0 Å². The molecular weight excluding hydrogens is 390 g/mol. The number of fused-ring (bicyclic) bond motifs is 1. The van der Waals surface area contributed by atoms with Gasteiger partial charge >= 0.3 is 0 Å². The highest BCUT2D eigenvalue weighted by atomic mass is 16.5. The van der Waals surface area contributed by atoms with E-state index < -0.39 is 5.60 Å². The van der Waals surface area contributed by atoms with E-state index in [-0.39, 0.29) is 17.5 Å². The number of carbonyl (C=O) groups is 1. The number of β-amino-alcohol motifs (C(OH)–C–C–N with tert-alkyl or cyclic N) is 1. The highest BCUT2D eigenvalue weighted by Crippen LogP contribution is 2.40. The second-order valence-corrected chi connectivity index (χ2v) is 10.0. The summed E-state index contributed by atoms with van der Waals surface area (Å²) in [5.74, 6) is 1.07. The van der Waals surface area contributed by atoms with Crippen LogP contribution in [0, 0.1) is 0 Å². The van der Waals surface area contributed by atoms with Gasteiger partial charge in [-0.25, -0.2) is 0 Å². The van der Waals surface area contributed by atoms with E-state index in [1.165, 1.54) is 5.69 Å². The average Bonchev–Trinajstić information content (AvgIpc) is 2.92. The van der Waals surface area contributed by atoms with E-state index in [2.05, 4.69) is 33.8 Å². The fourth-order valence-corrected chi connectivity index (χ4v) is 6.12. The Morgan fingerprint density at radius 1 is 1.06 bits per heavy atom. The van der Waals surface area contributed by atoms with Crippen molar-refractivity contribution in [1.82, 2.24) is 9.80 Å². The molecule has 3 heterocycles. The molecule has 0 aromatic heterocycles. The summed E-state index contributed by atoms with van der Waals surface area (Å²) < 4.78 is 5.27. The first-order valence-electron chi connectivity index (χ1n) is 12.0. The van der Waals surface area contributed by atoms with Crippen LogP contribution in [-0.2, 0) is 4.79 Å². The van der Waals surface area contributed by atoms with Crippen LogP contribution in [0.5, 0.6) is 5.75 Å². The molecule has 3 aliphatic heterocycles. The molecule has 1 aromatic rings. The van der Waals surface area contributed by atoms with E-state index in [0.717, 1.165) is 76.9 Å². The molecule has 1 aromatic carbocycles. The first kappa shape index (κ1) is 22.4. The molecule has 0 aliphatic carbocycles. The molecule has 0 saturated carbocycles. The summed E-state index contributed by atoms with van der Waals surface area (Å²) in [6.45, 7) is 8.38. The first-order chi connectivity index (χ1) is 14.8. The zero-order chi connectivity index (χ0) is 22.1. The zero-order valence-corrected chi connectivity index (χ0v) is 19.5. The molecule has 0 bridgehead atoms. The molecule has 172 valence electrons. The number of methoxy groups -OCH3 is 1. The van der Waals surface area contributed by atoms with Gasteiger partial charge in [-0.1, -0.05) is 6.42 Å². The maximum absolute atomic E-state index is 12.3. The largest absolute Gasteiger partial charge is 0.497 e. The second-order valence-electron chi connectivity index (χ2n) is 10.0. The summed E-state index contributed by atoms with van der Waals surface area (Å²) in [6, 6.07) is 8.46. The van der Waals surface area contributed by atoms with Crippen molar-refractivity contribution in [3.8, 4) is 5.75 Å². The summed E-state index contributed by atoms with van der Waals surface area (Å²) in [4.78, 5) is 19.3. The molecule has 1 amide bonds. The van der Waals surface area contributed by atoms with Crippen LogP contribution < -0.4 is 9.64 Å². The number of likely N-dealkylation sites (tertiary alicyclic amines) is 2. The molecular formula is C25H39N3O3. The minimum absolute atomic E-state index is 0.0384. The quantitative estimate of drug-likeness (QED) is 0.796. The van der Waals surface area contributed by atoms with Gasteiger partial charge in [-0.2, -0.15) is 0 Å². The van der Waals surface area contributed by atoms with Gasteiger partial charge in [0.15, 0.2) is 0 Å². The Hall–Kier alpha value is -1.79. The Bertz CT molecular complexity index is 760. The highest BCUT2D eigenvalue weighted by Gasteiger charge is 2.49. The van der Waals surface area contributed by atoms with Crippen LogP contribution in [0.2, 0.25) is 0 Å². The van der Waals surface area contributed by atoms with Gasteiger partial charge in [0.25, 0.3) is 0 Å². The minimum Gasteiger partial charge on any atom is -0.497 e. The first-order valence-corrected chi connectivity index (χ1v) is 12.0. The Kier molecular flexibility index (Phi) is 6.50. The summed E-state index contributed by atoms with van der Waals surface area (Å²) in [7, 11) is 1.69. The maximum Gasteiger partial charge on any atom is 0.219 e. The number of nitrogens with zero attached hydrogens (tertiary/aromatic N) is 3. The predicted molar refractivity (Wildman–Crippen MR) is 124 cm³/mol. The van der Waals surface area contributed by atoms with Crippen LogP contribution in [-0.4, -0.2) is 77.8 Å².